The molecule has 4 aromatic rings. The first kappa shape index (κ1) is 31.8. The number of thiazole rings is 1. The number of benzene rings is 2. The molecule has 0 aliphatic carbocycles. The van der Waals surface area contributed by atoms with Crippen LogP contribution >= 0.6 is 11.3 Å². The number of halogens is 1. The molecule has 0 amide bonds. The van der Waals surface area contributed by atoms with Crippen molar-refractivity contribution in [1.29, 1.82) is 0 Å². The van der Waals surface area contributed by atoms with E-state index in [1.54, 1.807) is 35.7 Å². The highest BCUT2D eigenvalue weighted by atomic mass is 32.2. The zero-order chi connectivity index (χ0) is 31.6. The Morgan fingerprint density at radius 1 is 1.02 bits per heavy atom. The summed E-state index contributed by atoms with van der Waals surface area (Å²) in [7, 11) is -6.05. The zero-order valence-corrected chi connectivity index (χ0v) is 27.2. The van der Waals surface area contributed by atoms with E-state index in [2.05, 4.69) is 28.9 Å². The summed E-state index contributed by atoms with van der Waals surface area (Å²) in [6.07, 6.45) is 4.30. The van der Waals surface area contributed by atoms with Gasteiger partial charge in [-0.1, -0.05) is 26.0 Å². The molecule has 0 bridgehead atoms. The van der Waals surface area contributed by atoms with E-state index in [1.165, 1.54) is 23.7 Å². The number of piperidine rings is 1. The van der Waals surface area contributed by atoms with Crippen LogP contribution in [0.1, 0.15) is 37.6 Å². The minimum absolute atomic E-state index is 0.0291. The summed E-state index contributed by atoms with van der Waals surface area (Å²) in [5.74, 6) is 0.172. The molecule has 1 saturated heterocycles. The average molecular weight is 660 g/mol. The minimum atomic E-state index is -4.17. The highest BCUT2D eigenvalue weighted by molar-refractivity contribution is 7.92. The Morgan fingerprint density at radius 2 is 1.77 bits per heavy atom. The van der Waals surface area contributed by atoms with Crippen molar-refractivity contribution in [3.05, 3.63) is 71.6 Å². The summed E-state index contributed by atoms with van der Waals surface area (Å²) in [6, 6.07) is 14.2. The topological polar surface area (TPSA) is 131 Å². The van der Waals surface area contributed by atoms with Crippen LogP contribution in [0.25, 0.3) is 21.7 Å². The minimum Gasteiger partial charge on any atom is -0.495 e. The van der Waals surface area contributed by atoms with Gasteiger partial charge in [-0.15, -0.1) is 11.3 Å². The number of hydrogen-bond donors (Lipinski definition) is 2. The highest BCUT2D eigenvalue weighted by Crippen LogP contribution is 2.40. The van der Waals surface area contributed by atoms with Crippen molar-refractivity contribution in [2.75, 3.05) is 36.5 Å². The van der Waals surface area contributed by atoms with Gasteiger partial charge in [0.2, 0.25) is 10.0 Å². The molecule has 0 saturated carbocycles. The van der Waals surface area contributed by atoms with Crippen LogP contribution in [-0.2, 0) is 20.0 Å². The Hall–Kier alpha value is -3.59. The van der Waals surface area contributed by atoms with Crippen molar-refractivity contribution in [3.63, 3.8) is 0 Å². The second-order valence-corrected chi connectivity index (χ2v) is 15.5. The van der Waals surface area contributed by atoms with Gasteiger partial charge in [0.15, 0.2) is 0 Å². The number of methoxy groups -OCH3 is 1. The Morgan fingerprint density at radius 3 is 2.45 bits per heavy atom. The van der Waals surface area contributed by atoms with Crippen LogP contribution in [0.5, 0.6) is 5.75 Å². The van der Waals surface area contributed by atoms with E-state index in [1.807, 2.05) is 18.2 Å². The molecule has 1 aliphatic heterocycles. The molecule has 10 nitrogen and oxygen atoms in total. The van der Waals surface area contributed by atoms with E-state index in [0.717, 1.165) is 27.6 Å². The lowest BCUT2D eigenvalue weighted by atomic mass is 10.1. The van der Waals surface area contributed by atoms with Crippen LogP contribution in [0.3, 0.4) is 0 Å². The predicted molar refractivity (Wildman–Crippen MR) is 172 cm³/mol. The number of hydrogen-bond acceptors (Lipinski definition) is 9. The molecule has 44 heavy (non-hydrogen) atoms. The molecule has 0 atom stereocenters. The van der Waals surface area contributed by atoms with Crippen molar-refractivity contribution in [2.24, 2.45) is 0 Å². The molecule has 2 aromatic heterocycles. The molecule has 14 heteroatoms. The monoisotopic (exact) mass is 659 g/mol. The maximum Gasteiger partial charge on any atom is 0.265 e. The number of ether oxygens (including phenoxy) is 1. The second kappa shape index (κ2) is 12.8. The number of rotatable bonds is 10. The van der Waals surface area contributed by atoms with Crippen molar-refractivity contribution in [3.8, 4) is 27.4 Å². The lowest BCUT2D eigenvalue weighted by Gasteiger charge is -2.30. The first-order valence-electron chi connectivity index (χ1n) is 14.0. The van der Waals surface area contributed by atoms with Crippen molar-refractivity contribution in [2.45, 2.75) is 43.5 Å². The molecule has 0 radical (unpaired) electrons. The Bertz CT molecular complexity index is 1870. The van der Waals surface area contributed by atoms with E-state index in [4.69, 9.17) is 9.72 Å². The summed E-state index contributed by atoms with van der Waals surface area (Å²) >= 11 is 1.56. The van der Waals surface area contributed by atoms with E-state index in [0.29, 0.717) is 43.0 Å². The van der Waals surface area contributed by atoms with Gasteiger partial charge in [-0.3, -0.25) is 4.72 Å². The van der Waals surface area contributed by atoms with Gasteiger partial charge < -0.3 is 10.1 Å². The van der Waals surface area contributed by atoms with Crippen LogP contribution in [-0.4, -0.2) is 63.6 Å². The van der Waals surface area contributed by atoms with Crippen molar-refractivity contribution in [1.82, 2.24) is 14.3 Å². The van der Waals surface area contributed by atoms with Crippen molar-refractivity contribution >= 4 is 42.9 Å². The third-order valence-electron chi connectivity index (χ3n) is 7.24. The van der Waals surface area contributed by atoms with E-state index in [9.17, 15) is 21.2 Å². The van der Waals surface area contributed by atoms with Gasteiger partial charge in [-0.25, -0.2) is 35.5 Å². The fraction of sp³-hybridized carbons (Fsp3) is 0.333. The van der Waals surface area contributed by atoms with Crippen LogP contribution < -0.4 is 14.8 Å². The van der Waals surface area contributed by atoms with Crippen LogP contribution in [0.15, 0.2) is 65.7 Å². The van der Waals surface area contributed by atoms with E-state index >= 15 is 0 Å². The molecule has 0 unspecified atom stereocenters. The maximum atomic E-state index is 13.9. The SMILES string of the molecule is COc1ccc(F)cc1S(=O)(=O)Nc1cccc(-c2nc(C(C)C)sc2-c2ccnc(NC3CCN(S(C)(=O)=O)CC3)c2)c1. The fourth-order valence-electron chi connectivity index (χ4n) is 4.97. The molecule has 1 aliphatic rings. The van der Waals surface area contributed by atoms with Crippen LogP contribution in [0.2, 0.25) is 0 Å². The van der Waals surface area contributed by atoms with Gasteiger partial charge in [0, 0.05) is 42.5 Å². The van der Waals surface area contributed by atoms with Gasteiger partial charge in [0.1, 0.15) is 22.3 Å². The number of anilines is 2. The molecule has 0 spiro atoms. The Labute approximate surface area is 261 Å². The van der Waals surface area contributed by atoms with Gasteiger partial charge in [0.05, 0.1) is 28.9 Å². The van der Waals surface area contributed by atoms with Crippen molar-refractivity contribution < 1.29 is 26.0 Å². The molecule has 234 valence electrons. The zero-order valence-electron chi connectivity index (χ0n) is 24.7. The maximum absolute atomic E-state index is 13.9. The number of sulfonamides is 2. The van der Waals surface area contributed by atoms with E-state index in [-0.39, 0.29) is 28.3 Å². The lowest BCUT2D eigenvalue weighted by molar-refractivity contribution is 0.331. The molecule has 3 heterocycles. The normalized spacial score (nSPS) is 15.0. The summed E-state index contributed by atoms with van der Waals surface area (Å²) in [4.78, 5) is 10.0. The molecule has 5 rings (SSSR count). The number of nitrogens with one attached hydrogen (secondary N) is 2. The fourth-order valence-corrected chi connectivity index (χ4v) is 8.16. The number of pyridine rings is 1. The molecule has 2 N–H and O–H groups in total. The quantitative estimate of drug-likeness (QED) is 0.219. The number of aromatic nitrogens is 2. The smallest absolute Gasteiger partial charge is 0.265 e. The summed E-state index contributed by atoms with van der Waals surface area (Å²) < 4.78 is 73.3. The summed E-state index contributed by atoms with van der Waals surface area (Å²) in [6.45, 7) is 5.04. The van der Waals surface area contributed by atoms with Gasteiger partial charge in [-0.05, 0) is 60.9 Å². The van der Waals surface area contributed by atoms with E-state index < -0.39 is 25.9 Å². The second-order valence-electron chi connectivity index (χ2n) is 10.9. The Balaban J connectivity index is 1.43. The number of nitrogens with zero attached hydrogens (tertiary/aromatic N) is 3. The van der Waals surface area contributed by atoms with Gasteiger partial charge >= 0.3 is 0 Å². The highest BCUT2D eigenvalue weighted by Gasteiger charge is 2.26. The van der Waals surface area contributed by atoms with Crippen LogP contribution in [0.4, 0.5) is 15.9 Å². The molecular weight excluding hydrogens is 626 g/mol. The summed E-state index contributed by atoms with van der Waals surface area (Å²) in [5.41, 5.74) is 2.58. The largest absolute Gasteiger partial charge is 0.495 e. The van der Waals surface area contributed by atoms with Gasteiger partial charge in [-0.2, -0.15) is 0 Å². The predicted octanol–water partition coefficient (Wildman–Crippen LogP) is 5.78. The van der Waals surface area contributed by atoms with Crippen LogP contribution in [0, 0.1) is 5.82 Å². The lowest BCUT2D eigenvalue weighted by Crippen LogP contribution is -2.41. The standard InChI is InChI=1S/C30H34FN5O5S3/c1-19(2)30-34-28(20-6-5-7-24(16-20)35-44(39,40)26-18-22(31)8-9-25(26)41-3)29(42-30)21-10-13-32-27(17-21)33-23-11-14-36(15-12-23)43(4,37)38/h5-10,13,16-19,23,35H,11-12,14-15H2,1-4H3,(H,32,33). The summed E-state index contributed by atoms with van der Waals surface area (Å²) in [5, 5.41) is 4.37. The molecular formula is C30H34FN5O5S3. The first-order chi connectivity index (χ1) is 20.8. The third-order valence-corrected chi connectivity index (χ3v) is 11.3. The Kier molecular flexibility index (Phi) is 9.25. The first-order valence-corrected chi connectivity index (χ1v) is 18.1. The third kappa shape index (κ3) is 7.20. The molecule has 2 aromatic carbocycles. The van der Waals surface area contributed by atoms with Gasteiger partial charge in [0.25, 0.3) is 10.0 Å². The molecule has 1 fully saturated rings. The average Bonchev–Trinajstić information content (AvgIpc) is 3.43.